The van der Waals surface area contributed by atoms with Crippen molar-refractivity contribution < 1.29 is 4.79 Å². The van der Waals surface area contributed by atoms with E-state index in [-0.39, 0.29) is 5.91 Å². The highest BCUT2D eigenvalue weighted by Gasteiger charge is 2.25. The first-order valence-electron chi connectivity index (χ1n) is 11.9. The highest BCUT2D eigenvalue weighted by atomic mass is 16.2. The third kappa shape index (κ3) is 4.54. The van der Waals surface area contributed by atoms with Crippen molar-refractivity contribution in [3.63, 3.8) is 0 Å². The molecule has 166 valence electrons. The normalized spacial score (nSPS) is 14.5. The average Bonchev–Trinajstić information content (AvgIpc) is 2.86. The number of likely N-dealkylation sites (tertiary alicyclic amines) is 1. The minimum atomic E-state index is 0.122. The largest absolute Gasteiger partial charge is 0.339 e. The van der Waals surface area contributed by atoms with Gasteiger partial charge in [-0.3, -0.25) is 4.79 Å². The molecular weight excluding hydrogens is 404 g/mol. The Hall–Kier alpha value is -3.46. The smallest absolute Gasteiger partial charge is 0.254 e. The maximum atomic E-state index is 13.7. The summed E-state index contributed by atoms with van der Waals surface area (Å²) in [5.74, 6) is 0.758. The number of carbonyl (C=O) groups is 1. The summed E-state index contributed by atoms with van der Waals surface area (Å²) < 4.78 is 0. The van der Waals surface area contributed by atoms with E-state index in [1.54, 1.807) is 0 Å². The van der Waals surface area contributed by atoms with Crippen LogP contribution in [0.1, 0.15) is 39.9 Å². The van der Waals surface area contributed by atoms with Gasteiger partial charge in [0.1, 0.15) is 0 Å². The Labute approximate surface area is 196 Å². The van der Waals surface area contributed by atoms with Crippen LogP contribution in [0.25, 0.3) is 22.2 Å². The number of carbonyl (C=O) groups excluding carboxylic acids is 1. The number of para-hydroxylation sites is 1. The average molecular weight is 435 g/mol. The van der Waals surface area contributed by atoms with Crippen molar-refractivity contribution in [3.05, 3.63) is 101 Å². The lowest BCUT2D eigenvalue weighted by molar-refractivity contribution is 0.0692. The molecule has 0 N–H and O–H groups in total. The van der Waals surface area contributed by atoms with E-state index in [0.717, 1.165) is 60.1 Å². The van der Waals surface area contributed by atoms with Gasteiger partial charge in [0.2, 0.25) is 0 Å². The highest BCUT2D eigenvalue weighted by Crippen LogP contribution is 2.29. The Morgan fingerprint density at radius 3 is 2.36 bits per heavy atom. The van der Waals surface area contributed by atoms with Crippen LogP contribution >= 0.6 is 0 Å². The molecule has 3 aromatic carbocycles. The van der Waals surface area contributed by atoms with Crippen molar-refractivity contribution in [2.24, 2.45) is 5.92 Å². The molecule has 0 saturated carbocycles. The number of rotatable bonds is 4. The minimum absolute atomic E-state index is 0.122. The van der Waals surface area contributed by atoms with Crippen LogP contribution in [0.4, 0.5) is 0 Å². The van der Waals surface area contributed by atoms with Gasteiger partial charge in [-0.05, 0) is 73.9 Å². The highest BCUT2D eigenvalue weighted by molar-refractivity contribution is 6.07. The molecule has 1 saturated heterocycles. The number of pyridine rings is 1. The van der Waals surface area contributed by atoms with Crippen LogP contribution in [-0.4, -0.2) is 28.9 Å². The Balaban J connectivity index is 1.40. The van der Waals surface area contributed by atoms with Crippen molar-refractivity contribution in [2.75, 3.05) is 13.1 Å². The maximum Gasteiger partial charge on any atom is 0.254 e. The lowest BCUT2D eigenvalue weighted by atomic mass is 9.90. The van der Waals surface area contributed by atoms with Crippen molar-refractivity contribution in [1.29, 1.82) is 0 Å². The number of hydrogen-bond donors (Lipinski definition) is 0. The quantitative estimate of drug-likeness (QED) is 0.362. The van der Waals surface area contributed by atoms with Gasteiger partial charge in [-0.25, -0.2) is 4.98 Å². The first kappa shape index (κ1) is 21.4. The summed E-state index contributed by atoms with van der Waals surface area (Å²) >= 11 is 0. The van der Waals surface area contributed by atoms with Gasteiger partial charge < -0.3 is 4.90 Å². The lowest BCUT2D eigenvalue weighted by Gasteiger charge is -2.32. The minimum Gasteiger partial charge on any atom is -0.339 e. The van der Waals surface area contributed by atoms with Gasteiger partial charge in [-0.1, -0.05) is 60.7 Å². The molecule has 0 spiro atoms. The second-order valence-electron chi connectivity index (χ2n) is 9.30. The molecule has 1 amide bonds. The predicted molar refractivity (Wildman–Crippen MR) is 135 cm³/mol. The molecule has 1 aliphatic rings. The second-order valence-corrected chi connectivity index (χ2v) is 9.30. The fourth-order valence-corrected chi connectivity index (χ4v) is 4.86. The van der Waals surface area contributed by atoms with Crippen LogP contribution in [0.2, 0.25) is 0 Å². The van der Waals surface area contributed by atoms with Gasteiger partial charge in [0.15, 0.2) is 0 Å². The number of nitrogens with zero attached hydrogens (tertiary/aromatic N) is 2. The zero-order valence-electron chi connectivity index (χ0n) is 19.4. The number of fused-ring (bicyclic) bond motifs is 1. The number of hydrogen-bond acceptors (Lipinski definition) is 2. The molecule has 0 unspecified atom stereocenters. The van der Waals surface area contributed by atoms with E-state index in [1.807, 2.05) is 35.2 Å². The molecule has 3 nitrogen and oxygen atoms in total. The summed E-state index contributed by atoms with van der Waals surface area (Å²) in [5, 5.41) is 0.932. The first-order chi connectivity index (χ1) is 16.1. The molecule has 4 aromatic rings. The molecule has 0 radical (unpaired) electrons. The summed E-state index contributed by atoms with van der Waals surface area (Å²) in [6, 6.07) is 27.1. The number of aromatic nitrogens is 1. The van der Waals surface area contributed by atoms with Crippen LogP contribution in [0.15, 0.2) is 78.9 Å². The summed E-state index contributed by atoms with van der Waals surface area (Å²) in [4.78, 5) is 20.6. The van der Waals surface area contributed by atoms with E-state index in [4.69, 9.17) is 4.98 Å². The van der Waals surface area contributed by atoms with Crippen LogP contribution in [0.5, 0.6) is 0 Å². The van der Waals surface area contributed by atoms with Gasteiger partial charge in [0.25, 0.3) is 5.91 Å². The third-order valence-electron chi connectivity index (χ3n) is 7.02. The van der Waals surface area contributed by atoms with E-state index in [2.05, 4.69) is 62.4 Å². The Morgan fingerprint density at radius 1 is 0.879 bits per heavy atom. The SMILES string of the molecule is Cc1ccc(-c2cc(C(=O)N3CCC(Cc4ccccc4)CC3)c3ccccc3n2)cc1C. The van der Waals surface area contributed by atoms with Gasteiger partial charge >= 0.3 is 0 Å². The van der Waals surface area contributed by atoms with Crippen LogP contribution in [0.3, 0.4) is 0 Å². The summed E-state index contributed by atoms with van der Waals surface area (Å²) in [7, 11) is 0. The van der Waals surface area contributed by atoms with Crippen molar-refractivity contribution in [2.45, 2.75) is 33.1 Å². The molecule has 0 bridgehead atoms. The number of benzene rings is 3. The molecule has 33 heavy (non-hydrogen) atoms. The molecular formula is C30H30N2O. The van der Waals surface area contributed by atoms with E-state index >= 15 is 0 Å². The zero-order valence-corrected chi connectivity index (χ0v) is 19.4. The topological polar surface area (TPSA) is 33.2 Å². The Kier molecular flexibility index (Phi) is 5.95. The molecule has 0 atom stereocenters. The molecule has 3 heteroatoms. The lowest BCUT2D eigenvalue weighted by Crippen LogP contribution is -2.39. The molecule has 0 aliphatic carbocycles. The summed E-state index contributed by atoms with van der Waals surface area (Å²) in [6.07, 6.45) is 3.19. The Bertz CT molecular complexity index is 1290. The molecule has 1 aliphatic heterocycles. The first-order valence-corrected chi connectivity index (χ1v) is 11.9. The van der Waals surface area contributed by atoms with Crippen molar-refractivity contribution in [1.82, 2.24) is 9.88 Å². The van der Waals surface area contributed by atoms with Crippen molar-refractivity contribution >= 4 is 16.8 Å². The number of piperidine rings is 1. The fraction of sp³-hybridized carbons (Fsp3) is 0.267. The Morgan fingerprint density at radius 2 is 1.61 bits per heavy atom. The van der Waals surface area contributed by atoms with E-state index in [1.165, 1.54) is 16.7 Å². The monoisotopic (exact) mass is 434 g/mol. The maximum absolute atomic E-state index is 13.7. The van der Waals surface area contributed by atoms with Crippen LogP contribution < -0.4 is 0 Å². The summed E-state index contributed by atoms with van der Waals surface area (Å²) in [5.41, 5.74) is 7.43. The van der Waals surface area contributed by atoms with E-state index < -0.39 is 0 Å². The van der Waals surface area contributed by atoms with Gasteiger partial charge in [0.05, 0.1) is 16.8 Å². The van der Waals surface area contributed by atoms with Crippen molar-refractivity contribution in [3.8, 4) is 11.3 Å². The molecule has 2 heterocycles. The molecule has 1 aromatic heterocycles. The molecule has 1 fully saturated rings. The van der Waals surface area contributed by atoms with Gasteiger partial charge in [0, 0.05) is 24.0 Å². The second kappa shape index (κ2) is 9.19. The van der Waals surface area contributed by atoms with Crippen LogP contribution in [-0.2, 0) is 6.42 Å². The van der Waals surface area contributed by atoms with Crippen LogP contribution in [0, 0.1) is 19.8 Å². The van der Waals surface area contributed by atoms with Gasteiger partial charge in [-0.15, -0.1) is 0 Å². The number of aryl methyl sites for hydroxylation is 2. The third-order valence-corrected chi connectivity index (χ3v) is 7.02. The number of amides is 1. The predicted octanol–water partition coefficient (Wildman–Crippen LogP) is 6.61. The van der Waals surface area contributed by atoms with E-state index in [0.29, 0.717) is 5.92 Å². The fourth-order valence-electron chi connectivity index (χ4n) is 4.86. The zero-order chi connectivity index (χ0) is 22.8. The summed E-state index contributed by atoms with van der Waals surface area (Å²) in [6.45, 7) is 5.85. The standard InChI is InChI=1S/C30H30N2O/c1-21-12-13-25(18-22(21)2)29-20-27(26-10-6-7-11-28(26)31-29)30(33)32-16-14-24(15-17-32)19-23-8-4-3-5-9-23/h3-13,18,20,24H,14-17,19H2,1-2H3. The molecule has 5 rings (SSSR count). The van der Waals surface area contributed by atoms with E-state index in [9.17, 15) is 4.79 Å². The van der Waals surface area contributed by atoms with Gasteiger partial charge in [-0.2, -0.15) is 0 Å².